The summed E-state index contributed by atoms with van der Waals surface area (Å²) in [6.45, 7) is 4.08. The van der Waals surface area contributed by atoms with Gasteiger partial charge in [0.25, 0.3) is 0 Å². The van der Waals surface area contributed by atoms with Crippen molar-refractivity contribution in [2.24, 2.45) is 0 Å². The molecule has 0 rings (SSSR count). The molecule has 0 spiro atoms. The first kappa shape index (κ1) is 39.6. The molecular weight excluding hydrogens is 510 g/mol. The summed E-state index contributed by atoms with van der Waals surface area (Å²) in [4.78, 5) is 12.3. The summed E-state index contributed by atoms with van der Waals surface area (Å²) in [5, 5.41) is 33.2. The number of aliphatic hydroxyl groups is 3. The van der Waals surface area contributed by atoms with Crippen LogP contribution in [-0.2, 0) is 4.79 Å². The Labute approximate surface area is 254 Å². The largest absolute Gasteiger partial charge is 0.394 e. The van der Waals surface area contributed by atoms with Crippen molar-refractivity contribution in [3.63, 3.8) is 0 Å². The van der Waals surface area contributed by atoms with Crippen molar-refractivity contribution < 1.29 is 20.1 Å². The number of carbonyl (C=O) groups excluding carboxylic acids is 1. The number of aliphatic hydroxyl groups excluding tert-OH is 3. The van der Waals surface area contributed by atoms with Crippen LogP contribution >= 0.6 is 0 Å². The summed E-state index contributed by atoms with van der Waals surface area (Å²) >= 11 is 0. The molecule has 3 unspecified atom stereocenters. The third-order valence-electron chi connectivity index (χ3n) is 7.69. The second-order valence-electron chi connectivity index (χ2n) is 11.7. The van der Waals surface area contributed by atoms with Gasteiger partial charge in [-0.1, -0.05) is 121 Å². The van der Waals surface area contributed by atoms with Crippen molar-refractivity contribution in [2.75, 3.05) is 6.61 Å². The standard InChI is InChI=1S/C36H67NO4/c1-3-5-7-9-11-13-15-16-17-18-19-21-22-24-26-28-30-34(39)36(41)33(32-38)37-35(40)31-29-27-25-23-20-14-12-10-8-6-4-2/h10,12,17-18,22,24,33-34,36,38-39,41H,3-9,11,13-16,19-21,23,25-32H2,1-2H3,(H,37,40)/b12-10-,18-17+,24-22+. The van der Waals surface area contributed by atoms with Gasteiger partial charge in [-0.05, 0) is 70.6 Å². The summed E-state index contributed by atoms with van der Waals surface area (Å²) < 4.78 is 0. The van der Waals surface area contributed by atoms with Crippen molar-refractivity contribution in [1.82, 2.24) is 5.32 Å². The third-order valence-corrected chi connectivity index (χ3v) is 7.69. The van der Waals surface area contributed by atoms with E-state index < -0.39 is 18.2 Å². The predicted octanol–water partition coefficient (Wildman–Crippen LogP) is 8.87. The zero-order valence-corrected chi connectivity index (χ0v) is 26.9. The molecule has 0 aromatic rings. The van der Waals surface area contributed by atoms with Crippen molar-refractivity contribution in [2.45, 2.75) is 180 Å². The highest BCUT2D eigenvalue weighted by Crippen LogP contribution is 2.12. The van der Waals surface area contributed by atoms with Crippen LogP contribution in [0.1, 0.15) is 162 Å². The van der Waals surface area contributed by atoms with Crippen LogP contribution in [0.3, 0.4) is 0 Å². The maximum Gasteiger partial charge on any atom is 0.220 e. The summed E-state index contributed by atoms with van der Waals surface area (Å²) in [5.41, 5.74) is 0. The number of allylic oxidation sites excluding steroid dienone is 6. The van der Waals surface area contributed by atoms with Gasteiger partial charge in [0, 0.05) is 6.42 Å². The smallest absolute Gasteiger partial charge is 0.220 e. The molecule has 1 amide bonds. The molecule has 240 valence electrons. The number of carbonyl (C=O) groups is 1. The maximum absolute atomic E-state index is 12.3. The molecule has 0 saturated carbocycles. The lowest BCUT2D eigenvalue weighted by Crippen LogP contribution is -2.50. The number of nitrogens with one attached hydrogen (secondary N) is 1. The van der Waals surface area contributed by atoms with E-state index in [2.05, 4.69) is 55.6 Å². The molecule has 0 radical (unpaired) electrons. The van der Waals surface area contributed by atoms with Gasteiger partial charge in [0.15, 0.2) is 0 Å². The van der Waals surface area contributed by atoms with Crippen LogP contribution in [0.5, 0.6) is 0 Å². The summed E-state index contributed by atoms with van der Waals surface area (Å²) in [7, 11) is 0. The van der Waals surface area contributed by atoms with E-state index in [0.29, 0.717) is 12.8 Å². The third kappa shape index (κ3) is 27.2. The molecule has 0 aliphatic heterocycles. The fourth-order valence-corrected chi connectivity index (χ4v) is 4.92. The second-order valence-corrected chi connectivity index (χ2v) is 11.7. The molecule has 5 nitrogen and oxygen atoms in total. The Balaban J connectivity index is 3.82. The van der Waals surface area contributed by atoms with Crippen molar-refractivity contribution in [3.8, 4) is 0 Å². The van der Waals surface area contributed by atoms with E-state index in [-0.39, 0.29) is 12.5 Å². The lowest BCUT2D eigenvalue weighted by molar-refractivity contribution is -0.124. The van der Waals surface area contributed by atoms with Gasteiger partial charge >= 0.3 is 0 Å². The Bertz CT molecular complexity index is 645. The molecule has 0 bridgehead atoms. The molecule has 0 heterocycles. The molecule has 0 saturated heterocycles. The molecule has 0 aromatic carbocycles. The van der Waals surface area contributed by atoms with E-state index in [1.807, 2.05) is 0 Å². The van der Waals surface area contributed by atoms with Crippen LogP contribution in [0.4, 0.5) is 0 Å². The SMILES string of the molecule is CCCC/C=C\CCCCCCCC(=O)NC(CO)C(O)C(O)CCC/C=C/CC/C=C/CCCCCCCCC. The summed E-state index contributed by atoms with van der Waals surface area (Å²) in [6.07, 6.45) is 36.6. The monoisotopic (exact) mass is 578 g/mol. The Kier molecular flexibility index (Phi) is 30.4. The Morgan fingerprint density at radius 3 is 1.56 bits per heavy atom. The van der Waals surface area contributed by atoms with E-state index in [1.165, 1.54) is 83.5 Å². The number of hydrogen-bond acceptors (Lipinski definition) is 4. The average molecular weight is 578 g/mol. The van der Waals surface area contributed by atoms with Crippen molar-refractivity contribution in [1.29, 1.82) is 0 Å². The first-order valence-corrected chi connectivity index (χ1v) is 17.3. The molecule has 3 atom stereocenters. The normalized spacial score (nSPS) is 14.4. The number of unbranched alkanes of at least 4 members (excludes halogenated alkanes) is 16. The van der Waals surface area contributed by atoms with Gasteiger partial charge in [0.05, 0.1) is 18.8 Å². The second kappa shape index (κ2) is 31.5. The number of rotatable bonds is 30. The lowest BCUT2D eigenvalue weighted by Gasteiger charge is -2.26. The molecule has 0 fully saturated rings. The minimum Gasteiger partial charge on any atom is -0.394 e. The fraction of sp³-hybridized carbons (Fsp3) is 0.806. The minimum absolute atomic E-state index is 0.173. The van der Waals surface area contributed by atoms with Crippen LogP contribution in [-0.4, -0.2) is 46.1 Å². The minimum atomic E-state index is -1.17. The van der Waals surface area contributed by atoms with Crippen LogP contribution in [0, 0.1) is 0 Å². The Morgan fingerprint density at radius 1 is 0.585 bits per heavy atom. The van der Waals surface area contributed by atoms with Crippen LogP contribution in [0.25, 0.3) is 0 Å². The predicted molar refractivity (Wildman–Crippen MR) is 176 cm³/mol. The zero-order valence-electron chi connectivity index (χ0n) is 26.9. The molecule has 0 aliphatic carbocycles. The molecule has 4 N–H and O–H groups in total. The zero-order chi connectivity index (χ0) is 30.2. The van der Waals surface area contributed by atoms with Crippen LogP contribution in [0.15, 0.2) is 36.5 Å². The highest BCUT2D eigenvalue weighted by atomic mass is 16.3. The highest BCUT2D eigenvalue weighted by molar-refractivity contribution is 5.76. The fourth-order valence-electron chi connectivity index (χ4n) is 4.92. The average Bonchev–Trinajstić information content (AvgIpc) is 2.97. The number of hydrogen-bond donors (Lipinski definition) is 4. The lowest BCUT2D eigenvalue weighted by atomic mass is 10.0. The molecule has 5 heteroatoms. The van der Waals surface area contributed by atoms with E-state index in [0.717, 1.165) is 51.4 Å². The molecule has 0 aromatic heterocycles. The van der Waals surface area contributed by atoms with Gasteiger partial charge in [-0.25, -0.2) is 0 Å². The van der Waals surface area contributed by atoms with E-state index >= 15 is 0 Å². The molecule has 41 heavy (non-hydrogen) atoms. The number of amides is 1. The van der Waals surface area contributed by atoms with Crippen LogP contribution in [0.2, 0.25) is 0 Å². The van der Waals surface area contributed by atoms with Crippen molar-refractivity contribution >= 4 is 5.91 Å². The van der Waals surface area contributed by atoms with Gasteiger partial charge in [0.2, 0.25) is 5.91 Å². The Morgan fingerprint density at radius 2 is 1.02 bits per heavy atom. The first-order chi connectivity index (χ1) is 20.1. The van der Waals surface area contributed by atoms with Crippen LogP contribution < -0.4 is 5.32 Å². The van der Waals surface area contributed by atoms with Gasteiger partial charge in [-0.15, -0.1) is 0 Å². The molecular formula is C36H67NO4. The first-order valence-electron chi connectivity index (χ1n) is 17.3. The Hall–Kier alpha value is -1.43. The highest BCUT2D eigenvalue weighted by Gasteiger charge is 2.26. The quantitative estimate of drug-likeness (QED) is 0.0507. The van der Waals surface area contributed by atoms with Gasteiger partial charge < -0.3 is 20.6 Å². The maximum atomic E-state index is 12.3. The van der Waals surface area contributed by atoms with E-state index in [4.69, 9.17) is 0 Å². The summed E-state index contributed by atoms with van der Waals surface area (Å²) in [5.74, 6) is -0.173. The van der Waals surface area contributed by atoms with Gasteiger partial charge in [-0.2, -0.15) is 0 Å². The van der Waals surface area contributed by atoms with Crippen molar-refractivity contribution in [3.05, 3.63) is 36.5 Å². The van der Waals surface area contributed by atoms with E-state index in [9.17, 15) is 20.1 Å². The van der Waals surface area contributed by atoms with Gasteiger partial charge in [-0.3, -0.25) is 4.79 Å². The summed E-state index contributed by atoms with van der Waals surface area (Å²) in [6, 6.07) is -0.833. The van der Waals surface area contributed by atoms with E-state index in [1.54, 1.807) is 0 Å². The van der Waals surface area contributed by atoms with Gasteiger partial charge in [0.1, 0.15) is 6.10 Å². The molecule has 0 aliphatic rings. The topological polar surface area (TPSA) is 89.8 Å².